The van der Waals surface area contributed by atoms with Crippen molar-refractivity contribution in [3.63, 3.8) is 0 Å². The van der Waals surface area contributed by atoms with Gasteiger partial charge < -0.3 is 13.9 Å². The number of hydrogen-bond donors (Lipinski definition) is 0. The molecule has 0 aliphatic carbocycles. The highest BCUT2D eigenvalue weighted by atomic mass is 19.4. The Balaban J connectivity index is 1.65. The van der Waals surface area contributed by atoms with E-state index in [1.54, 1.807) is 24.3 Å². The van der Waals surface area contributed by atoms with Crippen molar-refractivity contribution in [3.05, 3.63) is 64.0 Å². The largest absolute Gasteiger partial charge is 0.478 e. The lowest BCUT2D eigenvalue weighted by Crippen LogP contribution is -2.37. The van der Waals surface area contributed by atoms with E-state index in [4.69, 9.17) is 13.9 Å². The molecule has 1 atom stereocenters. The highest BCUT2D eigenvalue weighted by molar-refractivity contribution is 5.87. The van der Waals surface area contributed by atoms with E-state index in [0.29, 0.717) is 37.7 Å². The molecule has 0 saturated carbocycles. The quantitative estimate of drug-likeness (QED) is 0.596. The maximum Gasteiger partial charge on any atom is 0.450 e. The van der Waals surface area contributed by atoms with Gasteiger partial charge in [-0.25, -0.2) is 0 Å². The third-order valence-electron chi connectivity index (χ3n) is 5.71. The van der Waals surface area contributed by atoms with Crippen molar-refractivity contribution >= 4 is 11.0 Å². The smallest absolute Gasteiger partial charge is 0.450 e. The van der Waals surface area contributed by atoms with Crippen LogP contribution in [0.5, 0.6) is 5.75 Å². The lowest BCUT2D eigenvalue weighted by molar-refractivity contribution is -0.152. The van der Waals surface area contributed by atoms with E-state index >= 15 is 0 Å². The first-order chi connectivity index (χ1) is 14.9. The Morgan fingerprint density at radius 2 is 1.90 bits per heavy atom. The molecule has 5 nitrogen and oxygen atoms in total. The van der Waals surface area contributed by atoms with Crippen LogP contribution in [0.25, 0.3) is 22.1 Å². The molecule has 3 heterocycles. The molecule has 0 spiro atoms. The maximum atomic E-state index is 13.9. The molecule has 5 rings (SSSR count). The van der Waals surface area contributed by atoms with Gasteiger partial charge in [0.1, 0.15) is 18.1 Å². The first-order valence-electron chi connectivity index (χ1n) is 10.1. The normalized spacial score (nSPS) is 19.4. The van der Waals surface area contributed by atoms with Crippen molar-refractivity contribution in [1.82, 2.24) is 4.90 Å². The Hall–Kier alpha value is -2.84. The average molecular weight is 431 g/mol. The van der Waals surface area contributed by atoms with Crippen molar-refractivity contribution < 1.29 is 27.1 Å². The molecule has 8 heteroatoms. The third kappa shape index (κ3) is 3.70. The molecule has 1 saturated heterocycles. The standard InChI is InChI=1S/C23H20F3NO4/c24-23(25,26)22-19(14-5-2-1-3-6-14)20(28)16-8-9-18-17(21(16)31-22)12-27(13-30-18)11-15-7-4-10-29-15/h1-3,5-6,8-9,15H,4,7,10-13H2/t15-/m0/s1. The number of nitrogens with zero attached hydrogens (tertiary/aromatic N) is 1. The highest BCUT2D eigenvalue weighted by Crippen LogP contribution is 2.40. The molecule has 2 aliphatic rings. The number of hydrogen-bond acceptors (Lipinski definition) is 5. The second kappa shape index (κ2) is 7.69. The number of ether oxygens (including phenoxy) is 2. The number of fused-ring (bicyclic) bond motifs is 3. The van der Waals surface area contributed by atoms with E-state index in [-0.39, 0.29) is 22.6 Å². The van der Waals surface area contributed by atoms with Crippen LogP contribution in [-0.4, -0.2) is 30.9 Å². The van der Waals surface area contributed by atoms with Crippen LogP contribution >= 0.6 is 0 Å². The van der Waals surface area contributed by atoms with Crippen LogP contribution < -0.4 is 10.2 Å². The van der Waals surface area contributed by atoms with Gasteiger partial charge in [-0.3, -0.25) is 9.69 Å². The van der Waals surface area contributed by atoms with E-state index < -0.39 is 22.9 Å². The predicted molar refractivity (Wildman–Crippen MR) is 108 cm³/mol. The van der Waals surface area contributed by atoms with Gasteiger partial charge in [0.2, 0.25) is 11.2 Å². The molecule has 0 amide bonds. The zero-order valence-corrected chi connectivity index (χ0v) is 16.6. The van der Waals surface area contributed by atoms with Crippen LogP contribution in [0.1, 0.15) is 24.2 Å². The Labute approximate surface area is 176 Å². The van der Waals surface area contributed by atoms with Crippen LogP contribution in [0.4, 0.5) is 13.2 Å². The molecule has 0 unspecified atom stereocenters. The van der Waals surface area contributed by atoms with Gasteiger partial charge >= 0.3 is 6.18 Å². The molecule has 2 aliphatic heterocycles. The van der Waals surface area contributed by atoms with Gasteiger partial charge in [0.25, 0.3) is 0 Å². The summed E-state index contributed by atoms with van der Waals surface area (Å²) in [5.74, 6) is -0.860. The van der Waals surface area contributed by atoms with Gasteiger partial charge in [0, 0.05) is 19.7 Å². The van der Waals surface area contributed by atoms with Gasteiger partial charge in [0.05, 0.1) is 22.6 Å². The fourth-order valence-corrected chi connectivity index (χ4v) is 4.27. The SMILES string of the molecule is O=c1c(-c2ccccc2)c(C(F)(F)F)oc2c3c(ccc12)OCN(C[C@@H]1CCCO1)C3. The third-order valence-corrected chi connectivity index (χ3v) is 5.71. The van der Waals surface area contributed by atoms with E-state index in [1.165, 1.54) is 18.2 Å². The van der Waals surface area contributed by atoms with Crippen molar-refractivity contribution in [1.29, 1.82) is 0 Å². The monoisotopic (exact) mass is 431 g/mol. The molecule has 1 fully saturated rings. The van der Waals surface area contributed by atoms with Crippen molar-refractivity contribution in [2.24, 2.45) is 0 Å². The Morgan fingerprint density at radius 3 is 2.61 bits per heavy atom. The predicted octanol–water partition coefficient (Wildman–Crippen LogP) is 4.81. The summed E-state index contributed by atoms with van der Waals surface area (Å²) in [6.07, 6.45) is -2.83. The minimum atomic E-state index is -4.83. The number of halogens is 3. The van der Waals surface area contributed by atoms with Gasteiger partial charge in [-0.2, -0.15) is 13.2 Å². The van der Waals surface area contributed by atoms with Crippen molar-refractivity contribution in [3.8, 4) is 16.9 Å². The summed E-state index contributed by atoms with van der Waals surface area (Å²) in [7, 11) is 0. The number of benzene rings is 2. The summed E-state index contributed by atoms with van der Waals surface area (Å²) in [4.78, 5) is 15.2. The van der Waals surface area contributed by atoms with Crippen LogP contribution in [0.2, 0.25) is 0 Å². The van der Waals surface area contributed by atoms with Crippen molar-refractivity contribution in [2.75, 3.05) is 19.9 Å². The molecule has 0 N–H and O–H groups in total. The molecular formula is C23H20F3NO4. The van der Waals surface area contributed by atoms with E-state index in [0.717, 1.165) is 12.8 Å². The molecular weight excluding hydrogens is 411 g/mol. The van der Waals surface area contributed by atoms with Gasteiger partial charge in [-0.15, -0.1) is 0 Å². The fourth-order valence-electron chi connectivity index (χ4n) is 4.27. The maximum absolute atomic E-state index is 13.9. The van der Waals surface area contributed by atoms with Crippen molar-refractivity contribution in [2.45, 2.75) is 31.7 Å². The summed E-state index contributed by atoms with van der Waals surface area (Å²) in [6.45, 7) is 1.94. The zero-order chi connectivity index (χ0) is 21.6. The van der Waals surface area contributed by atoms with E-state index in [1.807, 2.05) is 4.90 Å². The van der Waals surface area contributed by atoms with Gasteiger partial charge in [-0.05, 0) is 30.5 Å². The molecule has 162 valence electrons. The molecule has 3 aromatic rings. The minimum Gasteiger partial charge on any atom is -0.478 e. The topological polar surface area (TPSA) is 51.9 Å². The Morgan fingerprint density at radius 1 is 1.10 bits per heavy atom. The van der Waals surface area contributed by atoms with Gasteiger partial charge in [0.15, 0.2) is 0 Å². The summed E-state index contributed by atoms with van der Waals surface area (Å²) in [6, 6.07) is 10.9. The van der Waals surface area contributed by atoms with E-state index in [2.05, 4.69) is 0 Å². The summed E-state index contributed by atoms with van der Waals surface area (Å²) in [5, 5.41) is 0.105. The molecule has 0 radical (unpaired) electrons. The first-order valence-corrected chi connectivity index (χ1v) is 10.1. The zero-order valence-electron chi connectivity index (χ0n) is 16.6. The number of rotatable bonds is 3. The minimum absolute atomic E-state index is 0.0718. The van der Waals surface area contributed by atoms with Crippen LogP contribution in [0, 0.1) is 0 Å². The Bertz CT molecular complexity index is 1170. The Kier molecular flexibility index (Phi) is 4.98. The van der Waals surface area contributed by atoms with E-state index in [9.17, 15) is 18.0 Å². The second-order valence-corrected chi connectivity index (χ2v) is 7.84. The van der Waals surface area contributed by atoms with Gasteiger partial charge in [-0.1, -0.05) is 30.3 Å². The molecule has 1 aromatic heterocycles. The number of alkyl halides is 3. The van der Waals surface area contributed by atoms with Crippen LogP contribution in [-0.2, 0) is 17.5 Å². The van der Waals surface area contributed by atoms with Crippen LogP contribution in [0.15, 0.2) is 51.7 Å². The molecule has 2 aromatic carbocycles. The lowest BCUT2D eigenvalue weighted by atomic mass is 10.00. The fraction of sp³-hybridized carbons (Fsp3) is 0.348. The summed E-state index contributed by atoms with van der Waals surface area (Å²) in [5.41, 5.74) is -0.651. The molecule has 31 heavy (non-hydrogen) atoms. The van der Waals surface area contributed by atoms with Crippen LogP contribution in [0.3, 0.4) is 0 Å². The lowest BCUT2D eigenvalue weighted by Gasteiger charge is -2.31. The highest BCUT2D eigenvalue weighted by Gasteiger charge is 2.40. The molecule has 0 bridgehead atoms. The second-order valence-electron chi connectivity index (χ2n) is 7.84. The summed E-state index contributed by atoms with van der Waals surface area (Å²) >= 11 is 0. The first kappa shape index (κ1) is 20.1. The average Bonchev–Trinajstić information content (AvgIpc) is 3.26. The summed E-state index contributed by atoms with van der Waals surface area (Å²) < 4.78 is 58.7.